The summed E-state index contributed by atoms with van der Waals surface area (Å²) in [5.41, 5.74) is 3.65. The molecule has 3 rings (SSSR count). The number of fused-ring (bicyclic) bond motifs is 1. The molecule has 0 fully saturated rings. The molecular weight excluding hydrogens is 421 g/mol. The van der Waals surface area contributed by atoms with Crippen LogP contribution in [0.4, 0.5) is 4.39 Å². The van der Waals surface area contributed by atoms with Crippen molar-refractivity contribution in [1.29, 1.82) is 0 Å². The SMILES string of the molecule is CC(C)OC(=O)CC(=O)C[C@H](O)/C=C/c1c(-c2ccc(F)cc2)c2ccccc2n1C(C)C. The van der Waals surface area contributed by atoms with Crippen LogP contribution in [0, 0.1) is 5.82 Å². The van der Waals surface area contributed by atoms with Gasteiger partial charge >= 0.3 is 5.97 Å². The van der Waals surface area contributed by atoms with E-state index in [9.17, 15) is 19.1 Å². The van der Waals surface area contributed by atoms with Gasteiger partial charge in [0.15, 0.2) is 0 Å². The molecule has 1 N–H and O–H groups in total. The molecule has 3 aromatic rings. The van der Waals surface area contributed by atoms with Crippen LogP contribution in [0.1, 0.15) is 52.3 Å². The van der Waals surface area contributed by atoms with Gasteiger partial charge in [0.1, 0.15) is 18.0 Å². The number of esters is 1. The van der Waals surface area contributed by atoms with Crippen LogP contribution in [0.2, 0.25) is 0 Å². The van der Waals surface area contributed by atoms with Crippen LogP contribution in [-0.4, -0.2) is 33.6 Å². The van der Waals surface area contributed by atoms with Crippen molar-refractivity contribution >= 4 is 28.7 Å². The predicted octanol–water partition coefficient (Wildman–Crippen LogP) is 5.70. The smallest absolute Gasteiger partial charge is 0.313 e. The maximum absolute atomic E-state index is 13.6. The molecule has 0 amide bonds. The van der Waals surface area contributed by atoms with Gasteiger partial charge in [-0.05, 0) is 57.5 Å². The molecule has 0 unspecified atom stereocenters. The second-order valence-electron chi connectivity index (χ2n) is 8.63. The number of aliphatic hydroxyl groups excluding tert-OH is 1. The minimum Gasteiger partial charge on any atom is -0.463 e. The van der Waals surface area contributed by atoms with Gasteiger partial charge in [0.05, 0.1) is 12.2 Å². The summed E-state index contributed by atoms with van der Waals surface area (Å²) in [4.78, 5) is 23.9. The van der Waals surface area contributed by atoms with Crippen LogP contribution >= 0.6 is 0 Å². The zero-order chi connectivity index (χ0) is 24.1. The molecule has 33 heavy (non-hydrogen) atoms. The summed E-state index contributed by atoms with van der Waals surface area (Å²) < 4.78 is 20.7. The first-order valence-electron chi connectivity index (χ1n) is 11.1. The van der Waals surface area contributed by atoms with Crippen molar-refractivity contribution < 1.29 is 23.8 Å². The summed E-state index contributed by atoms with van der Waals surface area (Å²) in [6, 6.07) is 14.4. The number of carbonyl (C=O) groups is 2. The normalized spacial score (nSPS) is 12.7. The molecule has 0 saturated carbocycles. The molecule has 0 spiro atoms. The highest BCUT2D eigenvalue weighted by Gasteiger charge is 2.19. The third kappa shape index (κ3) is 5.96. The Labute approximate surface area is 193 Å². The number of aromatic nitrogens is 1. The fraction of sp³-hybridized carbons (Fsp3) is 0.333. The molecule has 6 heteroatoms. The summed E-state index contributed by atoms with van der Waals surface area (Å²) in [6.07, 6.45) is 1.46. The lowest BCUT2D eigenvalue weighted by Gasteiger charge is -2.14. The van der Waals surface area contributed by atoms with Gasteiger partial charge in [0, 0.05) is 34.6 Å². The van der Waals surface area contributed by atoms with E-state index in [4.69, 9.17) is 4.74 Å². The lowest BCUT2D eigenvalue weighted by atomic mass is 10.0. The number of hydrogen-bond acceptors (Lipinski definition) is 4. The van der Waals surface area contributed by atoms with Gasteiger partial charge in [-0.25, -0.2) is 4.39 Å². The Kier molecular flexibility index (Phi) is 7.82. The second-order valence-corrected chi connectivity index (χ2v) is 8.63. The first-order valence-corrected chi connectivity index (χ1v) is 11.1. The average molecular weight is 452 g/mol. The largest absolute Gasteiger partial charge is 0.463 e. The van der Waals surface area contributed by atoms with Gasteiger partial charge in [-0.2, -0.15) is 0 Å². The maximum Gasteiger partial charge on any atom is 0.313 e. The predicted molar refractivity (Wildman–Crippen MR) is 128 cm³/mol. The van der Waals surface area contributed by atoms with Gasteiger partial charge in [-0.3, -0.25) is 9.59 Å². The number of carbonyl (C=O) groups excluding carboxylic acids is 2. The van der Waals surface area contributed by atoms with Gasteiger partial charge in [-0.1, -0.05) is 36.4 Å². The van der Waals surface area contributed by atoms with Crippen molar-refractivity contribution in [3.63, 3.8) is 0 Å². The molecule has 0 saturated heterocycles. The zero-order valence-electron chi connectivity index (χ0n) is 19.4. The van der Waals surface area contributed by atoms with Gasteiger partial charge < -0.3 is 14.4 Å². The number of ketones is 1. The number of rotatable bonds is 9. The number of para-hydroxylation sites is 1. The molecule has 5 nitrogen and oxygen atoms in total. The van der Waals surface area contributed by atoms with Gasteiger partial charge in [-0.15, -0.1) is 0 Å². The van der Waals surface area contributed by atoms with Crippen molar-refractivity contribution in [3.8, 4) is 11.1 Å². The first kappa shape index (κ1) is 24.4. The minimum atomic E-state index is -1.05. The Morgan fingerprint density at radius 1 is 1.06 bits per heavy atom. The Morgan fingerprint density at radius 2 is 1.73 bits per heavy atom. The van der Waals surface area contributed by atoms with E-state index >= 15 is 0 Å². The third-order valence-electron chi connectivity index (χ3n) is 5.22. The highest BCUT2D eigenvalue weighted by Crippen LogP contribution is 2.38. The Morgan fingerprint density at radius 3 is 2.36 bits per heavy atom. The van der Waals surface area contributed by atoms with E-state index in [1.54, 1.807) is 38.1 Å². The molecular formula is C27H30FNO4. The second kappa shape index (κ2) is 10.6. The average Bonchev–Trinajstić information content (AvgIpc) is 3.06. The zero-order valence-corrected chi connectivity index (χ0v) is 19.4. The van der Waals surface area contributed by atoms with Crippen LogP contribution in [0.5, 0.6) is 0 Å². The molecule has 1 atom stereocenters. The van der Waals surface area contributed by atoms with Crippen LogP contribution in [0.3, 0.4) is 0 Å². The number of halogens is 1. The van der Waals surface area contributed by atoms with Crippen molar-refractivity contribution in [2.45, 2.75) is 58.8 Å². The molecule has 0 radical (unpaired) electrons. The van der Waals surface area contributed by atoms with Crippen LogP contribution < -0.4 is 0 Å². The fourth-order valence-electron chi connectivity index (χ4n) is 3.96. The van der Waals surface area contributed by atoms with Gasteiger partial charge in [0.25, 0.3) is 0 Å². The van der Waals surface area contributed by atoms with E-state index in [1.807, 2.05) is 24.3 Å². The summed E-state index contributed by atoms with van der Waals surface area (Å²) in [5, 5.41) is 11.5. The molecule has 1 heterocycles. The van der Waals surface area contributed by atoms with Crippen molar-refractivity contribution in [2.24, 2.45) is 0 Å². The summed E-state index contributed by atoms with van der Waals surface area (Å²) >= 11 is 0. The van der Waals surface area contributed by atoms with E-state index in [0.717, 1.165) is 27.7 Å². The lowest BCUT2D eigenvalue weighted by molar-refractivity contribution is -0.149. The van der Waals surface area contributed by atoms with Gasteiger partial charge in [0.2, 0.25) is 0 Å². The Bertz CT molecular complexity index is 1160. The third-order valence-corrected chi connectivity index (χ3v) is 5.22. The van der Waals surface area contributed by atoms with E-state index in [0.29, 0.717) is 0 Å². The number of Topliss-reactive ketones (excluding diaryl/α,β-unsaturated/α-hetero) is 1. The highest BCUT2D eigenvalue weighted by molar-refractivity contribution is 6.01. The first-order chi connectivity index (χ1) is 15.7. The number of nitrogens with zero attached hydrogens (tertiary/aromatic N) is 1. The van der Waals surface area contributed by atoms with Crippen molar-refractivity contribution in [1.82, 2.24) is 4.57 Å². The van der Waals surface area contributed by atoms with Crippen LogP contribution in [-0.2, 0) is 14.3 Å². The molecule has 0 bridgehead atoms. The van der Waals surface area contributed by atoms with E-state index < -0.39 is 12.1 Å². The van der Waals surface area contributed by atoms with E-state index in [-0.39, 0.29) is 36.6 Å². The number of hydrogen-bond donors (Lipinski definition) is 1. The molecule has 0 aliphatic rings. The van der Waals surface area contributed by atoms with Crippen LogP contribution in [0.25, 0.3) is 28.1 Å². The Hall–Kier alpha value is -3.25. The topological polar surface area (TPSA) is 68.5 Å². The quantitative estimate of drug-likeness (QED) is 0.335. The van der Waals surface area contributed by atoms with Crippen molar-refractivity contribution in [2.75, 3.05) is 0 Å². The van der Waals surface area contributed by atoms with Crippen LogP contribution in [0.15, 0.2) is 54.6 Å². The molecule has 0 aliphatic carbocycles. The molecule has 2 aromatic carbocycles. The standard InChI is InChI=1S/C27H30FNO4/c1-17(2)29-24-8-6-5-7-23(24)27(19-9-11-20(28)12-10-19)25(29)14-13-21(30)15-22(31)16-26(32)33-18(3)4/h5-14,17-18,21,30H,15-16H2,1-4H3/b14-13+/t21-/m1/s1. The van der Waals surface area contributed by atoms with E-state index in [1.165, 1.54) is 12.1 Å². The number of aliphatic hydroxyl groups is 1. The minimum absolute atomic E-state index is 0.119. The summed E-state index contributed by atoms with van der Waals surface area (Å²) in [7, 11) is 0. The number of ether oxygens (including phenoxy) is 1. The fourth-order valence-corrected chi connectivity index (χ4v) is 3.96. The monoisotopic (exact) mass is 451 g/mol. The number of benzene rings is 2. The molecule has 174 valence electrons. The highest BCUT2D eigenvalue weighted by atomic mass is 19.1. The van der Waals surface area contributed by atoms with E-state index in [2.05, 4.69) is 18.4 Å². The Balaban J connectivity index is 1.94. The molecule has 1 aromatic heterocycles. The maximum atomic E-state index is 13.6. The lowest BCUT2D eigenvalue weighted by Crippen LogP contribution is -2.18. The molecule has 0 aliphatic heterocycles. The van der Waals surface area contributed by atoms with Crippen molar-refractivity contribution in [3.05, 3.63) is 66.1 Å². The summed E-state index contributed by atoms with van der Waals surface area (Å²) in [6.45, 7) is 7.57. The summed E-state index contributed by atoms with van der Waals surface area (Å²) in [5.74, 6) is -1.29.